The van der Waals surface area contributed by atoms with Crippen LogP contribution in [0.3, 0.4) is 0 Å². The van der Waals surface area contributed by atoms with E-state index in [9.17, 15) is 9.90 Å². The van der Waals surface area contributed by atoms with E-state index < -0.39 is 22.8 Å². The van der Waals surface area contributed by atoms with E-state index >= 15 is 0 Å². The molecule has 1 heterocycles. The van der Waals surface area contributed by atoms with Gasteiger partial charge in [0.2, 0.25) is 0 Å². The van der Waals surface area contributed by atoms with Crippen LogP contribution in [0.1, 0.15) is 66.2 Å². The number of fused-ring (bicyclic) bond motifs is 1. The van der Waals surface area contributed by atoms with Crippen molar-refractivity contribution >= 4 is 17.4 Å². The molecule has 3 fully saturated rings. The number of Topliss-reactive ketones (excluding diaryl/α,β-unsaturated/α-hetero) is 1. The van der Waals surface area contributed by atoms with Crippen LogP contribution in [0.15, 0.2) is 5.11 Å². The number of hydrogen-bond donors (Lipinski definition) is 1. The van der Waals surface area contributed by atoms with Crippen LogP contribution < -0.4 is 0 Å². The molecular formula is C19H30ClN3O3. The molecular weight excluding hydrogens is 354 g/mol. The van der Waals surface area contributed by atoms with Gasteiger partial charge in [0.05, 0.1) is 28.2 Å². The third-order valence-corrected chi connectivity index (χ3v) is 7.86. The highest BCUT2D eigenvalue weighted by Gasteiger charge is 2.58. The third kappa shape index (κ3) is 3.26. The van der Waals surface area contributed by atoms with E-state index in [2.05, 4.69) is 16.9 Å². The molecule has 0 unspecified atom stereocenters. The summed E-state index contributed by atoms with van der Waals surface area (Å²) in [7, 11) is 0. The molecule has 0 spiro atoms. The van der Waals surface area contributed by atoms with Gasteiger partial charge in [0.1, 0.15) is 5.78 Å². The maximum Gasteiger partial charge on any atom is 0.136 e. The van der Waals surface area contributed by atoms with Gasteiger partial charge in [0, 0.05) is 17.3 Å². The molecule has 146 valence electrons. The van der Waals surface area contributed by atoms with Crippen LogP contribution in [0.5, 0.6) is 0 Å². The average molecular weight is 384 g/mol. The lowest BCUT2D eigenvalue weighted by Crippen LogP contribution is -2.62. The van der Waals surface area contributed by atoms with Gasteiger partial charge in [-0.3, -0.25) is 4.79 Å². The van der Waals surface area contributed by atoms with Crippen molar-refractivity contribution in [3.05, 3.63) is 10.4 Å². The molecule has 2 aliphatic carbocycles. The van der Waals surface area contributed by atoms with Crippen molar-refractivity contribution in [1.82, 2.24) is 0 Å². The number of carbonyl (C=O) groups excluding carboxylic acids is 1. The van der Waals surface area contributed by atoms with Crippen molar-refractivity contribution in [3.8, 4) is 0 Å². The SMILES string of the molecule is CC1(C)O[C@@](C)([C@H]2CCC(=O)[C@@H]3CC[C@@](C)(O)[C@H](N=[N+]=[N-])[C@@H]32)CC[C@@H]1Cl. The van der Waals surface area contributed by atoms with Gasteiger partial charge < -0.3 is 9.84 Å². The highest BCUT2D eigenvalue weighted by Crippen LogP contribution is 2.54. The van der Waals surface area contributed by atoms with Crippen molar-refractivity contribution in [2.75, 3.05) is 0 Å². The summed E-state index contributed by atoms with van der Waals surface area (Å²) >= 11 is 6.47. The molecule has 1 N–H and O–H groups in total. The Kier molecular flexibility index (Phi) is 5.11. The summed E-state index contributed by atoms with van der Waals surface area (Å²) in [6, 6.07) is -0.613. The van der Waals surface area contributed by atoms with Gasteiger partial charge in [-0.2, -0.15) is 0 Å². The summed E-state index contributed by atoms with van der Waals surface area (Å²) in [6.07, 6.45) is 3.99. The lowest BCUT2D eigenvalue weighted by Gasteiger charge is -2.57. The minimum absolute atomic E-state index is 0.0518. The van der Waals surface area contributed by atoms with Gasteiger partial charge in [-0.15, -0.1) is 11.6 Å². The number of alkyl halides is 1. The highest BCUT2D eigenvalue weighted by molar-refractivity contribution is 6.21. The standard InChI is InChI=1S/C19H30ClN3O3/c1-17(2)14(20)8-10-19(4,26-17)12-5-6-13(24)11-7-9-18(3,25)16(15(11)12)22-23-21/h11-12,14-16,25H,5-10H2,1-4H3/t11-,12-,14-,15-,16+,18+,19+/m0/s1. The van der Waals surface area contributed by atoms with Crippen molar-refractivity contribution in [3.63, 3.8) is 0 Å². The summed E-state index contributed by atoms with van der Waals surface area (Å²) in [5.74, 6) is -0.0741. The fraction of sp³-hybridized carbons (Fsp3) is 0.947. The largest absolute Gasteiger partial charge is 0.390 e. The molecule has 7 atom stereocenters. The smallest absolute Gasteiger partial charge is 0.136 e. The highest BCUT2D eigenvalue weighted by atomic mass is 35.5. The Morgan fingerprint density at radius 1 is 1.23 bits per heavy atom. The maximum absolute atomic E-state index is 12.6. The Morgan fingerprint density at radius 3 is 2.54 bits per heavy atom. The lowest BCUT2D eigenvalue weighted by molar-refractivity contribution is -0.214. The number of halogens is 1. The van der Waals surface area contributed by atoms with Gasteiger partial charge in [0.25, 0.3) is 0 Å². The van der Waals surface area contributed by atoms with Gasteiger partial charge in [-0.05, 0) is 77.2 Å². The summed E-state index contributed by atoms with van der Waals surface area (Å²) in [5, 5.41) is 14.8. The fourth-order valence-corrected chi connectivity index (χ4v) is 5.84. The second kappa shape index (κ2) is 6.66. The number of azide groups is 1. The number of aliphatic hydroxyl groups is 1. The Labute approximate surface area is 160 Å². The van der Waals surface area contributed by atoms with E-state index in [4.69, 9.17) is 21.9 Å². The number of rotatable bonds is 2. The molecule has 1 saturated heterocycles. The molecule has 0 aromatic carbocycles. The fourth-order valence-electron chi connectivity index (χ4n) is 5.68. The van der Waals surface area contributed by atoms with E-state index in [0.29, 0.717) is 25.7 Å². The average Bonchev–Trinajstić information content (AvgIpc) is 2.54. The molecule has 0 aromatic rings. The first-order valence-corrected chi connectivity index (χ1v) is 10.1. The minimum atomic E-state index is -1.10. The Hall–Kier alpha value is -0.810. The second-order valence-corrected chi connectivity index (χ2v) is 9.89. The molecule has 0 aromatic heterocycles. The number of hydrogen-bond acceptors (Lipinski definition) is 4. The van der Waals surface area contributed by atoms with Gasteiger partial charge in [-0.25, -0.2) is 0 Å². The summed E-state index contributed by atoms with van der Waals surface area (Å²) in [6.45, 7) is 7.85. The zero-order valence-electron chi connectivity index (χ0n) is 16.1. The number of carbonyl (C=O) groups is 1. The second-order valence-electron chi connectivity index (χ2n) is 9.37. The normalized spacial score (nSPS) is 48.4. The molecule has 3 aliphatic rings. The van der Waals surface area contributed by atoms with Crippen LogP contribution >= 0.6 is 11.6 Å². The zero-order chi connectivity index (χ0) is 19.3. The quantitative estimate of drug-likeness (QED) is 0.331. The van der Waals surface area contributed by atoms with E-state index in [-0.39, 0.29) is 28.9 Å². The predicted octanol–water partition coefficient (Wildman–Crippen LogP) is 4.38. The molecule has 26 heavy (non-hydrogen) atoms. The van der Waals surface area contributed by atoms with Gasteiger partial charge >= 0.3 is 0 Å². The number of nitrogens with zero attached hydrogens (tertiary/aromatic N) is 3. The van der Waals surface area contributed by atoms with Crippen molar-refractivity contribution in [2.45, 2.75) is 94.4 Å². The van der Waals surface area contributed by atoms with Crippen LogP contribution in [0.4, 0.5) is 0 Å². The first kappa shape index (κ1) is 19.9. The molecule has 0 radical (unpaired) electrons. The van der Waals surface area contributed by atoms with Crippen LogP contribution in [-0.2, 0) is 9.53 Å². The molecule has 0 bridgehead atoms. The molecule has 3 rings (SSSR count). The minimum Gasteiger partial charge on any atom is -0.390 e. The summed E-state index contributed by atoms with van der Waals surface area (Å²) in [5.41, 5.74) is 7.09. The topological polar surface area (TPSA) is 95.3 Å². The molecule has 1 aliphatic heterocycles. The maximum atomic E-state index is 12.6. The van der Waals surface area contributed by atoms with E-state index in [1.54, 1.807) is 6.92 Å². The van der Waals surface area contributed by atoms with Crippen LogP contribution in [0, 0.1) is 17.8 Å². The first-order valence-electron chi connectivity index (χ1n) is 9.65. The molecule has 0 amide bonds. The van der Waals surface area contributed by atoms with Crippen molar-refractivity contribution in [2.24, 2.45) is 22.9 Å². The Bertz CT molecular complexity index is 632. The van der Waals surface area contributed by atoms with Crippen LogP contribution in [0.25, 0.3) is 10.4 Å². The molecule has 7 heteroatoms. The molecule has 2 saturated carbocycles. The van der Waals surface area contributed by atoms with E-state index in [0.717, 1.165) is 12.8 Å². The van der Waals surface area contributed by atoms with Crippen molar-refractivity contribution in [1.29, 1.82) is 0 Å². The van der Waals surface area contributed by atoms with Gasteiger partial charge in [0.15, 0.2) is 0 Å². The monoisotopic (exact) mass is 383 g/mol. The molecule has 6 nitrogen and oxygen atoms in total. The summed E-state index contributed by atoms with van der Waals surface area (Å²) in [4.78, 5) is 15.6. The lowest BCUT2D eigenvalue weighted by atomic mass is 9.55. The number of ketones is 1. The first-order chi connectivity index (χ1) is 12.0. The predicted molar refractivity (Wildman–Crippen MR) is 99.9 cm³/mol. The Morgan fingerprint density at radius 2 is 1.92 bits per heavy atom. The van der Waals surface area contributed by atoms with Crippen molar-refractivity contribution < 1.29 is 14.6 Å². The van der Waals surface area contributed by atoms with E-state index in [1.165, 1.54) is 0 Å². The Balaban J connectivity index is 2.00. The van der Waals surface area contributed by atoms with Crippen LogP contribution in [-0.4, -0.2) is 39.1 Å². The van der Waals surface area contributed by atoms with Gasteiger partial charge in [-0.1, -0.05) is 5.11 Å². The zero-order valence-corrected chi connectivity index (χ0v) is 16.9. The third-order valence-electron chi connectivity index (χ3n) is 7.11. The summed E-state index contributed by atoms with van der Waals surface area (Å²) < 4.78 is 6.53. The van der Waals surface area contributed by atoms with E-state index in [1.807, 2.05) is 13.8 Å². The van der Waals surface area contributed by atoms with Crippen LogP contribution in [0.2, 0.25) is 0 Å². The number of ether oxygens (including phenoxy) is 1.